The molecule has 0 aliphatic rings. The van der Waals surface area contributed by atoms with Gasteiger partial charge in [0.2, 0.25) is 0 Å². The number of H-pyrrole nitrogens is 1. The lowest BCUT2D eigenvalue weighted by molar-refractivity contribution is 0.881. The summed E-state index contributed by atoms with van der Waals surface area (Å²) in [6.45, 7) is 2.08. The Morgan fingerprint density at radius 1 is 1.00 bits per heavy atom. The minimum absolute atomic E-state index is 0.620. The molecule has 3 aromatic heterocycles. The zero-order valence-corrected chi connectivity index (χ0v) is 14.0. The Labute approximate surface area is 148 Å². The summed E-state index contributed by atoms with van der Waals surface area (Å²) in [6, 6.07) is 18.3. The van der Waals surface area contributed by atoms with Crippen molar-refractivity contribution in [2.24, 2.45) is 0 Å². The zero-order chi connectivity index (χ0) is 17.5. The number of anilines is 2. The molecule has 0 saturated heterocycles. The van der Waals surface area contributed by atoms with E-state index in [9.17, 15) is 0 Å². The van der Waals surface area contributed by atoms with Crippen LogP contribution in [-0.2, 0) is 0 Å². The van der Waals surface area contributed by atoms with Crippen molar-refractivity contribution in [2.75, 3.05) is 5.32 Å². The standard InChI is InChI=1S/C19H15N7/c1-12-5-2-3-6-14(12)20-19-17-7-4-10-26(17)16-9-8-13(11-15(16)21-19)18-22-24-25-23-18/h2-11H,1H3,(H,20,21)(H,22,23,24,25). The van der Waals surface area contributed by atoms with E-state index in [1.807, 2.05) is 42.6 Å². The van der Waals surface area contributed by atoms with Crippen molar-refractivity contribution in [3.05, 3.63) is 66.4 Å². The molecule has 126 valence electrons. The highest BCUT2D eigenvalue weighted by Gasteiger charge is 2.11. The van der Waals surface area contributed by atoms with Gasteiger partial charge >= 0.3 is 0 Å². The minimum Gasteiger partial charge on any atom is -0.338 e. The van der Waals surface area contributed by atoms with Crippen LogP contribution in [0.4, 0.5) is 11.5 Å². The Hall–Kier alpha value is -3.74. The topological polar surface area (TPSA) is 83.8 Å². The number of nitrogens with one attached hydrogen (secondary N) is 2. The first-order valence-corrected chi connectivity index (χ1v) is 8.27. The minimum atomic E-state index is 0.620. The molecule has 7 heteroatoms. The van der Waals surface area contributed by atoms with E-state index < -0.39 is 0 Å². The molecule has 2 N–H and O–H groups in total. The summed E-state index contributed by atoms with van der Waals surface area (Å²) in [5, 5.41) is 17.5. The summed E-state index contributed by atoms with van der Waals surface area (Å²) in [6.07, 6.45) is 2.04. The molecule has 5 rings (SSSR count). The number of hydrogen-bond acceptors (Lipinski definition) is 5. The number of rotatable bonds is 3. The second-order valence-electron chi connectivity index (χ2n) is 6.12. The van der Waals surface area contributed by atoms with E-state index in [0.717, 1.165) is 33.6 Å². The van der Waals surface area contributed by atoms with E-state index in [4.69, 9.17) is 4.98 Å². The van der Waals surface area contributed by atoms with Gasteiger partial charge in [0.25, 0.3) is 0 Å². The fourth-order valence-electron chi connectivity index (χ4n) is 3.14. The third-order valence-corrected chi connectivity index (χ3v) is 4.48. The number of aryl methyl sites for hydroxylation is 1. The van der Waals surface area contributed by atoms with Gasteiger partial charge in [-0.25, -0.2) is 10.1 Å². The highest BCUT2D eigenvalue weighted by atomic mass is 15.5. The molecule has 0 saturated carbocycles. The maximum absolute atomic E-state index is 4.87. The van der Waals surface area contributed by atoms with Crippen LogP contribution in [0.5, 0.6) is 0 Å². The van der Waals surface area contributed by atoms with Gasteiger partial charge in [-0.15, -0.1) is 5.10 Å². The van der Waals surface area contributed by atoms with Crippen molar-refractivity contribution >= 4 is 28.1 Å². The molecule has 0 aliphatic carbocycles. The van der Waals surface area contributed by atoms with Gasteiger partial charge in [0.05, 0.1) is 16.6 Å². The molecule has 5 aromatic rings. The SMILES string of the molecule is Cc1ccccc1Nc1nc2cc(-c3nnn[nH]3)ccc2n2cccc12. The van der Waals surface area contributed by atoms with Crippen molar-refractivity contribution in [1.82, 2.24) is 30.0 Å². The second-order valence-corrected chi connectivity index (χ2v) is 6.12. The Morgan fingerprint density at radius 2 is 1.92 bits per heavy atom. The third-order valence-electron chi connectivity index (χ3n) is 4.48. The molecule has 0 fully saturated rings. The summed E-state index contributed by atoms with van der Waals surface area (Å²) < 4.78 is 2.13. The van der Waals surface area contributed by atoms with Crippen molar-refractivity contribution in [3.63, 3.8) is 0 Å². The van der Waals surface area contributed by atoms with Gasteiger partial charge in [0.1, 0.15) is 0 Å². The van der Waals surface area contributed by atoms with E-state index in [0.29, 0.717) is 5.82 Å². The number of hydrogen-bond donors (Lipinski definition) is 2. The Morgan fingerprint density at radius 3 is 2.77 bits per heavy atom. The fraction of sp³-hybridized carbons (Fsp3) is 0.0526. The van der Waals surface area contributed by atoms with Gasteiger partial charge < -0.3 is 9.72 Å². The van der Waals surface area contributed by atoms with Crippen LogP contribution in [0, 0.1) is 6.92 Å². The first-order valence-electron chi connectivity index (χ1n) is 8.27. The van der Waals surface area contributed by atoms with E-state index >= 15 is 0 Å². The van der Waals surface area contributed by atoms with E-state index in [1.54, 1.807) is 0 Å². The number of benzene rings is 2. The smallest absolute Gasteiger partial charge is 0.179 e. The van der Waals surface area contributed by atoms with Gasteiger partial charge in [-0.1, -0.05) is 18.2 Å². The predicted octanol–water partition coefficient (Wildman–Crippen LogP) is 3.72. The summed E-state index contributed by atoms with van der Waals surface area (Å²) in [7, 11) is 0. The molecule has 0 atom stereocenters. The first-order chi connectivity index (χ1) is 12.8. The Balaban J connectivity index is 1.71. The average Bonchev–Trinajstić information content (AvgIpc) is 3.35. The van der Waals surface area contributed by atoms with E-state index in [-0.39, 0.29) is 0 Å². The summed E-state index contributed by atoms with van der Waals surface area (Å²) in [5.74, 6) is 1.43. The molecule has 7 nitrogen and oxygen atoms in total. The van der Waals surface area contributed by atoms with Crippen molar-refractivity contribution in [1.29, 1.82) is 0 Å². The van der Waals surface area contributed by atoms with Gasteiger partial charge in [-0.05, 0) is 59.3 Å². The number of tetrazole rings is 1. The van der Waals surface area contributed by atoms with Crippen LogP contribution in [0.2, 0.25) is 0 Å². The third kappa shape index (κ3) is 2.29. The first kappa shape index (κ1) is 14.6. The fourth-order valence-corrected chi connectivity index (χ4v) is 3.14. The number of nitrogens with zero attached hydrogens (tertiary/aromatic N) is 5. The van der Waals surface area contributed by atoms with Gasteiger partial charge in [-0.2, -0.15) is 0 Å². The van der Waals surface area contributed by atoms with Crippen LogP contribution >= 0.6 is 0 Å². The zero-order valence-electron chi connectivity index (χ0n) is 14.0. The lowest BCUT2D eigenvalue weighted by Gasteiger charge is -2.12. The molecule has 0 amide bonds. The monoisotopic (exact) mass is 341 g/mol. The van der Waals surface area contributed by atoms with Crippen molar-refractivity contribution < 1.29 is 0 Å². The quantitative estimate of drug-likeness (QED) is 0.522. The summed E-state index contributed by atoms with van der Waals surface area (Å²) >= 11 is 0. The van der Waals surface area contributed by atoms with Crippen LogP contribution in [0.3, 0.4) is 0 Å². The second kappa shape index (κ2) is 5.66. The molecule has 0 unspecified atom stereocenters. The predicted molar refractivity (Wildman–Crippen MR) is 100 cm³/mol. The maximum Gasteiger partial charge on any atom is 0.179 e. The molecule has 0 bridgehead atoms. The molecular formula is C19H15N7. The van der Waals surface area contributed by atoms with Gasteiger partial charge in [0.15, 0.2) is 11.6 Å². The molecule has 26 heavy (non-hydrogen) atoms. The largest absolute Gasteiger partial charge is 0.338 e. The van der Waals surface area contributed by atoms with Crippen LogP contribution in [0.15, 0.2) is 60.8 Å². The van der Waals surface area contributed by atoms with Crippen molar-refractivity contribution in [2.45, 2.75) is 6.92 Å². The van der Waals surface area contributed by atoms with Crippen LogP contribution in [-0.4, -0.2) is 30.0 Å². The summed E-state index contributed by atoms with van der Waals surface area (Å²) in [4.78, 5) is 4.87. The molecule has 2 aromatic carbocycles. The highest BCUT2D eigenvalue weighted by Crippen LogP contribution is 2.28. The molecule has 0 aliphatic heterocycles. The number of aromatic amines is 1. The molecule has 3 heterocycles. The van der Waals surface area contributed by atoms with Gasteiger partial charge in [0, 0.05) is 17.4 Å². The lowest BCUT2D eigenvalue weighted by Crippen LogP contribution is -2.00. The average molecular weight is 341 g/mol. The lowest BCUT2D eigenvalue weighted by atomic mass is 10.1. The van der Waals surface area contributed by atoms with Crippen LogP contribution in [0.25, 0.3) is 27.9 Å². The number of para-hydroxylation sites is 1. The summed E-state index contributed by atoms with van der Waals surface area (Å²) in [5.41, 5.74) is 6.01. The molecular weight excluding hydrogens is 326 g/mol. The van der Waals surface area contributed by atoms with E-state index in [2.05, 4.69) is 55.5 Å². The van der Waals surface area contributed by atoms with Crippen molar-refractivity contribution in [3.8, 4) is 11.4 Å². The van der Waals surface area contributed by atoms with Crippen LogP contribution < -0.4 is 5.32 Å². The van der Waals surface area contributed by atoms with Crippen LogP contribution in [0.1, 0.15) is 5.56 Å². The van der Waals surface area contributed by atoms with E-state index in [1.165, 1.54) is 5.56 Å². The Bertz CT molecular complexity index is 1220. The number of fused-ring (bicyclic) bond motifs is 3. The molecule has 0 radical (unpaired) electrons. The van der Waals surface area contributed by atoms with Gasteiger partial charge in [-0.3, -0.25) is 0 Å². The molecule has 0 spiro atoms. The normalized spacial score (nSPS) is 11.3. The highest BCUT2D eigenvalue weighted by molar-refractivity contribution is 5.88. The Kier molecular flexibility index (Phi) is 3.18. The maximum atomic E-state index is 4.87. The number of aromatic nitrogens is 6.